The van der Waals surface area contributed by atoms with Crippen molar-refractivity contribution >= 4 is 47.0 Å². The summed E-state index contributed by atoms with van der Waals surface area (Å²) in [5.74, 6) is 0.282. The Kier molecular flexibility index (Phi) is 9.55. The van der Waals surface area contributed by atoms with Gasteiger partial charge >= 0.3 is 6.09 Å². The Morgan fingerprint density at radius 1 is 1.02 bits per heavy atom. The van der Waals surface area contributed by atoms with Crippen LogP contribution >= 0.6 is 23.2 Å². The first-order valence-corrected chi connectivity index (χ1v) is 16.0. The van der Waals surface area contributed by atoms with Crippen molar-refractivity contribution in [2.75, 3.05) is 13.1 Å². The molecule has 5 rings (SSSR count). The molecule has 2 aromatic carbocycles. The second kappa shape index (κ2) is 13.0. The monoisotopic (exact) mass is 624 g/mol. The SMILES string of the molecule is CC1CCN(C(=O)OC(C)(C)C)C(C)C1NCC(=O)N1N=C2/C(=C\c3ccc(Cl)cc3)CCCC2C1c1ccc(Cl)cc1. The Labute approximate surface area is 265 Å². The number of amides is 2. The fourth-order valence-corrected chi connectivity index (χ4v) is 6.84. The molecule has 1 saturated heterocycles. The van der Waals surface area contributed by atoms with Gasteiger partial charge in [0.15, 0.2) is 0 Å². The van der Waals surface area contributed by atoms with Gasteiger partial charge in [-0.3, -0.25) is 4.79 Å². The summed E-state index contributed by atoms with van der Waals surface area (Å²) in [6, 6.07) is 15.1. The lowest BCUT2D eigenvalue weighted by Crippen LogP contribution is -2.59. The van der Waals surface area contributed by atoms with E-state index in [9.17, 15) is 9.59 Å². The van der Waals surface area contributed by atoms with Gasteiger partial charge in [0.1, 0.15) is 5.60 Å². The van der Waals surface area contributed by atoms with E-state index in [4.69, 9.17) is 33.0 Å². The van der Waals surface area contributed by atoms with E-state index in [0.29, 0.717) is 16.6 Å². The van der Waals surface area contributed by atoms with E-state index in [2.05, 4.69) is 18.3 Å². The Morgan fingerprint density at radius 2 is 1.67 bits per heavy atom. The van der Waals surface area contributed by atoms with Gasteiger partial charge in [-0.1, -0.05) is 54.4 Å². The van der Waals surface area contributed by atoms with E-state index in [-0.39, 0.29) is 48.5 Å². The lowest BCUT2D eigenvalue weighted by molar-refractivity contribution is -0.133. The number of nitrogens with zero attached hydrogens (tertiary/aromatic N) is 3. The first-order chi connectivity index (χ1) is 20.4. The number of likely N-dealkylation sites (tertiary alicyclic amines) is 1. The summed E-state index contributed by atoms with van der Waals surface area (Å²) in [6.45, 7) is 10.6. The number of benzene rings is 2. The highest BCUT2D eigenvalue weighted by Gasteiger charge is 2.44. The van der Waals surface area contributed by atoms with Crippen LogP contribution < -0.4 is 5.32 Å². The first kappa shape index (κ1) is 31.6. The predicted molar refractivity (Wildman–Crippen MR) is 173 cm³/mol. The molecule has 2 aliphatic heterocycles. The van der Waals surface area contributed by atoms with Crippen molar-refractivity contribution in [1.29, 1.82) is 0 Å². The number of piperidine rings is 1. The minimum Gasteiger partial charge on any atom is -0.444 e. The second-order valence-corrected chi connectivity index (χ2v) is 13.9. The number of nitrogens with one attached hydrogen (secondary N) is 1. The van der Waals surface area contributed by atoms with Gasteiger partial charge in [-0.05, 0) is 106 Å². The quantitative estimate of drug-likeness (QED) is 0.369. The van der Waals surface area contributed by atoms with Crippen LogP contribution in [0.2, 0.25) is 10.0 Å². The molecule has 43 heavy (non-hydrogen) atoms. The van der Waals surface area contributed by atoms with Crippen LogP contribution in [0.15, 0.2) is 59.2 Å². The molecular weight excluding hydrogens is 583 g/mol. The van der Waals surface area contributed by atoms with Crippen LogP contribution in [0.1, 0.15) is 77.5 Å². The standard InChI is InChI=1S/C34H42Cl2N4O3/c1-21-17-18-39(33(42)43-34(3,4)5)22(2)30(21)37-20-29(41)40-32(24-11-15-27(36)16-12-24)28-8-6-7-25(31(28)38-40)19-23-9-13-26(35)14-10-23/h9-16,19,21-22,28,30,32,37H,6-8,17-18,20H2,1-5H3/b25-19-. The zero-order chi connectivity index (χ0) is 30.9. The largest absolute Gasteiger partial charge is 0.444 e. The van der Waals surface area contributed by atoms with Crippen molar-refractivity contribution in [2.45, 2.75) is 84.0 Å². The summed E-state index contributed by atoms with van der Waals surface area (Å²) >= 11 is 12.4. The van der Waals surface area contributed by atoms with Crippen LogP contribution in [-0.4, -0.2) is 58.4 Å². The molecule has 7 nitrogen and oxygen atoms in total. The van der Waals surface area contributed by atoms with Crippen molar-refractivity contribution < 1.29 is 14.3 Å². The van der Waals surface area contributed by atoms with Gasteiger partial charge in [0, 0.05) is 34.6 Å². The van der Waals surface area contributed by atoms with Crippen molar-refractivity contribution in [2.24, 2.45) is 16.9 Å². The number of carbonyl (C=O) groups excluding carboxylic acids is 2. The summed E-state index contributed by atoms with van der Waals surface area (Å²) in [7, 11) is 0. The van der Waals surface area contributed by atoms with Crippen LogP contribution in [0.25, 0.3) is 6.08 Å². The third-order valence-electron chi connectivity index (χ3n) is 8.75. The smallest absolute Gasteiger partial charge is 0.410 e. The molecule has 5 atom stereocenters. The zero-order valence-electron chi connectivity index (χ0n) is 25.6. The molecule has 9 heteroatoms. The van der Waals surface area contributed by atoms with Crippen LogP contribution in [0.4, 0.5) is 4.79 Å². The maximum Gasteiger partial charge on any atom is 0.410 e. The molecule has 5 unspecified atom stereocenters. The van der Waals surface area contributed by atoms with E-state index >= 15 is 0 Å². The van der Waals surface area contributed by atoms with E-state index in [1.165, 1.54) is 0 Å². The Bertz CT molecular complexity index is 1380. The molecule has 2 fully saturated rings. The summed E-state index contributed by atoms with van der Waals surface area (Å²) in [4.78, 5) is 28.7. The Morgan fingerprint density at radius 3 is 2.33 bits per heavy atom. The lowest BCUT2D eigenvalue weighted by atomic mass is 9.77. The van der Waals surface area contributed by atoms with Crippen LogP contribution in [0.5, 0.6) is 0 Å². The van der Waals surface area contributed by atoms with E-state index < -0.39 is 5.60 Å². The summed E-state index contributed by atoms with van der Waals surface area (Å²) in [5, 5.41) is 11.6. The van der Waals surface area contributed by atoms with E-state index in [1.54, 1.807) is 9.91 Å². The van der Waals surface area contributed by atoms with Gasteiger partial charge in [-0.2, -0.15) is 5.10 Å². The maximum atomic E-state index is 14.0. The zero-order valence-corrected chi connectivity index (χ0v) is 27.2. The third kappa shape index (κ3) is 7.27. The van der Waals surface area contributed by atoms with Gasteiger partial charge in [0.2, 0.25) is 0 Å². The van der Waals surface area contributed by atoms with Crippen molar-refractivity contribution in [1.82, 2.24) is 15.2 Å². The molecule has 2 aromatic rings. The lowest BCUT2D eigenvalue weighted by Gasteiger charge is -2.43. The Balaban J connectivity index is 1.38. The Hall–Kier alpha value is -2.87. The molecule has 1 aliphatic carbocycles. The van der Waals surface area contributed by atoms with Crippen LogP contribution in [0.3, 0.4) is 0 Å². The van der Waals surface area contributed by atoms with Gasteiger partial charge in [0.25, 0.3) is 5.91 Å². The van der Waals surface area contributed by atoms with Crippen LogP contribution in [0, 0.1) is 11.8 Å². The minimum absolute atomic E-state index is 0.0582. The van der Waals surface area contributed by atoms with E-state index in [0.717, 1.165) is 48.1 Å². The normalized spacial score (nSPS) is 26.7. The molecular formula is C34H42Cl2N4O3. The molecule has 1 N–H and O–H groups in total. The molecule has 1 saturated carbocycles. The second-order valence-electron chi connectivity index (χ2n) is 13.0. The van der Waals surface area contributed by atoms with Gasteiger partial charge in [0.05, 0.1) is 18.3 Å². The molecule has 2 heterocycles. The fraction of sp³-hybridized carbons (Fsp3) is 0.500. The molecule has 2 amide bonds. The average molecular weight is 626 g/mol. The first-order valence-electron chi connectivity index (χ1n) is 15.3. The molecule has 0 bridgehead atoms. The number of hydrogen-bond acceptors (Lipinski definition) is 5. The number of ether oxygens (including phenoxy) is 1. The third-order valence-corrected chi connectivity index (χ3v) is 9.25. The highest BCUT2D eigenvalue weighted by molar-refractivity contribution is 6.30. The molecule has 0 radical (unpaired) electrons. The van der Waals surface area contributed by atoms with Gasteiger partial charge in [-0.15, -0.1) is 0 Å². The van der Waals surface area contributed by atoms with Gasteiger partial charge < -0.3 is 15.0 Å². The maximum absolute atomic E-state index is 14.0. The summed E-state index contributed by atoms with van der Waals surface area (Å²) in [5.41, 5.74) is 3.65. The van der Waals surface area contributed by atoms with Gasteiger partial charge in [-0.25, -0.2) is 9.80 Å². The van der Waals surface area contributed by atoms with Crippen molar-refractivity contribution in [3.05, 3.63) is 75.3 Å². The number of hydrazone groups is 1. The molecule has 230 valence electrons. The average Bonchev–Trinajstić information content (AvgIpc) is 3.34. The minimum atomic E-state index is -0.567. The summed E-state index contributed by atoms with van der Waals surface area (Å²) in [6.07, 6.45) is 5.55. The number of halogens is 2. The molecule has 0 spiro atoms. The molecule has 0 aromatic heterocycles. The number of carbonyl (C=O) groups is 2. The highest BCUT2D eigenvalue weighted by atomic mass is 35.5. The van der Waals surface area contributed by atoms with Crippen LogP contribution in [-0.2, 0) is 9.53 Å². The summed E-state index contributed by atoms with van der Waals surface area (Å²) < 4.78 is 5.67. The number of allylic oxidation sites excluding steroid dienone is 1. The number of fused-ring (bicyclic) bond motifs is 1. The number of rotatable bonds is 5. The topological polar surface area (TPSA) is 74.2 Å². The molecule has 3 aliphatic rings. The number of hydrogen-bond donors (Lipinski definition) is 1. The fourth-order valence-electron chi connectivity index (χ4n) is 6.59. The predicted octanol–water partition coefficient (Wildman–Crippen LogP) is 7.74. The van der Waals surface area contributed by atoms with Crippen molar-refractivity contribution in [3.8, 4) is 0 Å². The van der Waals surface area contributed by atoms with E-state index in [1.807, 2.05) is 76.2 Å². The van der Waals surface area contributed by atoms with Crippen molar-refractivity contribution in [3.63, 3.8) is 0 Å². The highest BCUT2D eigenvalue weighted by Crippen LogP contribution is 2.44.